The Balaban J connectivity index is 0.00000264. The third-order valence-electron chi connectivity index (χ3n) is 3.70. The van der Waals surface area contributed by atoms with Gasteiger partial charge in [-0.15, -0.1) is 24.0 Å². The fraction of sp³-hybridized carbons (Fsp3) is 0.533. The smallest absolute Gasteiger partial charge is 0.248 e. The van der Waals surface area contributed by atoms with Gasteiger partial charge < -0.3 is 11.1 Å². The van der Waals surface area contributed by atoms with Gasteiger partial charge in [-0.05, 0) is 30.9 Å². The Labute approximate surface area is 149 Å². The van der Waals surface area contributed by atoms with Gasteiger partial charge in [-0.25, -0.2) is 17.6 Å². The Morgan fingerprint density at radius 1 is 1.30 bits per heavy atom. The summed E-state index contributed by atoms with van der Waals surface area (Å²) in [7, 11) is 0. The van der Waals surface area contributed by atoms with Crippen LogP contribution in [0.15, 0.2) is 23.2 Å². The van der Waals surface area contributed by atoms with Crippen molar-refractivity contribution in [3.63, 3.8) is 0 Å². The van der Waals surface area contributed by atoms with Crippen LogP contribution in [0.4, 0.5) is 23.2 Å². The van der Waals surface area contributed by atoms with Crippen LogP contribution in [0.1, 0.15) is 32.1 Å². The number of benzene rings is 1. The Kier molecular flexibility index (Phi) is 7.56. The minimum atomic E-state index is -2.66. The van der Waals surface area contributed by atoms with Gasteiger partial charge in [-0.3, -0.25) is 4.99 Å². The highest BCUT2D eigenvalue weighted by atomic mass is 127. The SMILES string of the molecule is I.NC(=NCC1CCCCC(F)(F)C1)Nc1cc(F)ccc1F. The van der Waals surface area contributed by atoms with Crippen LogP contribution < -0.4 is 11.1 Å². The van der Waals surface area contributed by atoms with Gasteiger partial charge in [-0.2, -0.15) is 0 Å². The normalized spacial score (nSPS) is 21.2. The minimum absolute atomic E-state index is 0. The van der Waals surface area contributed by atoms with Gasteiger partial charge in [0.1, 0.15) is 11.6 Å². The quantitative estimate of drug-likeness (QED) is 0.236. The number of hydrogen-bond acceptors (Lipinski definition) is 1. The van der Waals surface area contributed by atoms with Crippen LogP contribution in [0.25, 0.3) is 0 Å². The first-order chi connectivity index (χ1) is 10.4. The molecule has 0 heterocycles. The molecule has 0 aromatic heterocycles. The average Bonchev–Trinajstić information content (AvgIpc) is 2.61. The van der Waals surface area contributed by atoms with Crippen LogP contribution >= 0.6 is 24.0 Å². The summed E-state index contributed by atoms with van der Waals surface area (Å²) in [6.45, 7) is 0.144. The van der Waals surface area contributed by atoms with Crippen molar-refractivity contribution >= 4 is 35.6 Å². The van der Waals surface area contributed by atoms with Crippen molar-refractivity contribution in [1.82, 2.24) is 0 Å². The number of aliphatic imine (C=N–C) groups is 1. The van der Waals surface area contributed by atoms with E-state index in [-0.39, 0.29) is 60.9 Å². The number of nitrogens with two attached hydrogens (primary N) is 1. The summed E-state index contributed by atoms with van der Waals surface area (Å²) in [4.78, 5) is 3.98. The molecule has 0 amide bonds. The predicted molar refractivity (Wildman–Crippen MR) is 93.4 cm³/mol. The summed E-state index contributed by atoms with van der Waals surface area (Å²) in [5, 5.41) is 2.45. The zero-order valence-corrected chi connectivity index (χ0v) is 14.8. The molecular weight excluding hydrogens is 425 g/mol. The standard InChI is InChI=1S/C15H19F4N3.HI/c16-11-4-5-12(17)13(7-11)22-14(20)21-9-10-3-1-2-6-15(18,19)8-10;/h4-5,7,10H,1-3,6,8-9H2,(H3,20,21,22);1H. The van der Waals surface area contributed by atoms with Gasteiger partial charge in [0.25, 0.3) is 0 Å². The van der Waals surface area contributed by atoms with Gasteiger partial charge in [0.15, 0.2) is 5.96 Å². The highest BCUT2D eigenvalue weighted by Gasteiger charge is 2.34. The molecule has 0 bridgehead atoms. The van der Waals surface area contributed by atoms with E-state index in [1.165, 1.54) is 0 Å². The largest absolute Gasteiger partial charge is 0.370 e. The fourth-order valence-electron chi connectivity index (χ4n) is 2.60. The summed E-state index contributed by atoms with van der Waals surface area (Å²) in [6.07, 6.45) is 1.62. The van der Waals surface area contributed by atoms with E-state index in [0.717, 1.165) is 24.6 Å². The second kappa shape index (κ2) is 8.70. The molecule has 23 heavy (non-hydrogen) atoms. The maximum atomic E-state index is 13.5. The lowest BCUT2D eigenvalue weighted by Crippen LogP contribution is -2.25. The molecule has 1 saturated carbocycles. The van der Waals surface area contributed by atoms with E-state index in [2.05, 4.69) is 10.3 Å². The van der Waals surface area contributed by atoms with E-state index in [9.17, 15) is 17.6 Å². The number of halogens is 5. The highest BCUT2D eigenvalue weighted by Crippen LogP contribution is 2.35. The molecule has 1 aromatic rings. The van der Waals surface area contributed by atoms with E-state index >= 15 is 0 Å². The van der Waals surface area contributed by atoms with Crippen molar-refractivity contribution in [3.05, 3.63) is 29.8 Å². The lowest BCUT2D eigenvalue weighted by molar-refractivity contribution is -0.0241. The molecule has 1 aliphatic carbocycles. The van der Waals surface area contributed by atoms with Crippen LogP contribution in [0.2, 0.25) is 0 Å². The van der Waals surface area contributed by atoms with Crippen molar-refractivity contribution < 1.29 is 17.6 Å². The van der Waals surface area contributed by atoms with E-state index in [1.807, 2.05) is 0 Å². The first kappa shape index (κ1) is 20.0. The molecule has 1 atom stereocenters. The zero-order chi connectivity index (χ0) is 16.2. The third kappa shape index (κ3) is 6.52. The Bertz CT molecular complexity index is 552. The topological polar surface area (TPSA) is 50.4 Å². The molecule has 0 spiro atoms. The average molecular weight is 445 g/mol. The van der Waals surface area contributed by atoms with E-state index in [4.69, 9.17) is 5.73 Å². The lowest BCUT2D eigenvalue weighted by Gasteiger charge is -2.18. The van der Waals surface area contributed by atoms with E-state index < -0.39 is 17.6 Å². The Hall–Kier alpha value is -1.06. The molecule has 0 saturated heterocycles. The monoisotopic (exact) mass is 445 g/mol. The second-order valence-electron chi connectivity index (χ2n) is 5.65. The van der Waals surface area contributed by atoms with Crippen molar-refractivity contribution in [2.45, 2.75) is 38.0 Å². The molecule has 3 N–H and O–H groups in total. The first-order valence-corrected chi connectivity index (χ1v) is 7.25. The lowest BCUT2D eigenvalue weighted by atomic mass is 9.99. The van der Waals surface area contributed by atoms with Crippen molar-refractivity contribution in [1.29, 1.82) is 0 Å². The second-order valence-corrected chi connectivity index (χ2v) is 5.65. The van der Waals surface area contributed by atoms with E-state index in [0.29, 0.717) is 12.8 Å². The van der Waals surface area contributed by atoms with Crippen LogP contribution in [0, 0.1) is 17.6 Å². The Morgan fingerprint density at radius 2 is 2.04 bits per heavy atom. The van der Waals surface area contributed by atoms with E-state index in [1.54, 1.807) is 0 Å². The number of hydrogen-bond donors (Lipinski definition) is 2. The maximum Gasteiger partial charge on any atom is 0.248 e. The Morgan fingerprint density at radius 3 is 2.78 bits per heavy atom. The number of alkyl halides is 2. The predicted octanol–water partition coefficient (Wildman–Crippen LogP) is 4.53. The molecule has 3 nitrogen and oxygen atoms in total. The molecule has 1 fully saturated rings. The number of rotatable bonds is 3. The van der Waals surface area contributed by atoms with Crippen LogP contribution in [-0.2, 0) is 0 Å². The van der Waals surface area contributed by atoms with Gasteiger partial charge in [0.05, 0.1) is 5.69 Å². The number of nitrogens with one attached hydrogen (secondary N) is 1. The molecular formula is C15H20F4IN3. The molecule has 130 valence electrons. The van der Waals surface area contributed by atoms with Gasteiger partial charge in [-0.1, -0.05) is 6.42 Å². The molecule has 0 aliphatic heterocycles. The van der Waals surface area contributed by atoms with Crippen LogP contribution in [0.3, 0.4) is 0 Å². The third-order valence-corrected chi connectivity index (χ3v) is 3.70. The van der Waals surface area contributed by atoms with Crippen molar-refractivity contribution in [3.8, 4) is 0 Å². The minimum Gasteiger partial charge on any atom is -0.370 e. The van der Waals surface area contributed by atoms with Gasteiger partial charge in [0.2, 0.25) is 5.92 Å². The number of anilines is 1. The summed E-state index contributed by atoms with van der Waals surface area (Å²) in [5.41, 5.74) is 5.48. The van der Waals surface area contributed by atoms with Crippen molar-refractivity contribution in [2.24, 2.45) is 16.6 Å². The summed E-state index contributed by atoms with van der Waals surface area (Å²) >= 11 is 0. The first-order valence-electron chi connectivity index (χ1n) is 7.25. The molecule has 1 aromatic carbocycles. The molecule has 1 aliphatic rings. The van der Waals surface area contributed by atoms with Gasteiger partial charge >= 0.3 is 0 Å². The number of nitrogens with zero attached hydrogens (tertiary/aromatic N) is 1. The molecule has 2 rings (SSSR count). The summed E-state index contributed by atoms with van der Waals surface area (Å²) in [5.74, 6) is -4.30. The molecule has 1 unspecified atom stereocenters. The fourth-order valence-corrected chi connectivity index (χ4v) is 2.60. The number of guanidine groups is 1. The zero-order valence-electron chi connectivity index (χ0n) is 12.5. The highest BCUT2D eigenvalue weighted by molar-refractivity contribution is 14.0. The van der Waals surface area contributed by atoms with Crippen LogP contribution in [-0.4, -0.2) is 18.4 Å². The summed E-state index contributed by atoms with van der Waals surface area (Å²) in [6, 6.07) is 2.91. The van der Waals surface area contributed by atoms with Crippen molar-refractivity contribution in [2.75, 3.05) is 11.9 Å². The summed E-state index contributed by atoms with van der Waals surface area (Å²) < 4.78 is 53.5. The van der Waals surface area contributed by atoms with Gasteiger partial charge in [0, 0.05) is 25.5 Å². The molecule has 8 heteroatoms. The molecule has 0 radical (unpaired) electrons. The van der Waals surface area contributed by atoms with Crippen LogP contribution in [0.5, 0.6) is 0 Å². The maximum absolute atomic E-state index is 13.5.